The number of carboxylic acid groups (broad SMARTS) is 1. The first-order valence-electron chi connectivity index (χ1n) is 13.9. The molecule has 2 amide bonds. The molecule has 3 N–H and O–H groups in total. The van der Waals surface area contributed by atoms with Crippen LogP contribution in [0.2, 0.25) is 0 Å². The first kappa shape index (κ1) is 34.2. The molecule has 0 aromatic heterocycles. The molecule has 0 saturated carbocycles. The molecule has 10 heteroatoms. The van der Waals surface area contributed by atoms with Crippen LogP contribution in [-0.2, 0) is 14.4 Å². The van der Waals surface area contributed by atoms with Crippen LogP contribution in [0.25, 0.3) is 11.3 Å². The number of carbonyl (C=O) groups is 3. The Morgan fingerprint density at radius 1 is 0.907 bits per heavy atom. The molecule has 3 atom stereocenters. The van der Waals surface area contributed by atoms with E-state index in [0.717, 1.165) is 0 Å². The molecular weight excluding hydrogens is 562 g/mol. The first-order valence-corrected chi connectivity index (χ1v) is 13.9. The average Bonchev–Trinajstić information content (AvgIpc) is 3.22. The zero-order valence-electron chi connectivity index (χ0n) is 24.5. The third-order valence-corrected chi connectivity index (χ3v) is 7.55. The summed E-state index contributed by atoms with van der Waals surface area (Å²) in [4.78, 5) is 41.3. The van der Waals surface area contributed by atoms with Crippen molar-refractivity contribution in [3.63, 3.8) is 0 Å². The molecule has 0 aliphatic carbocycles. The number of benzene rings is 3. The minimum Gasteiger partial charge on any atom is -0.550 e. The number of para-hydroxylation sites is 1. The van der Waals surface area contributed by atoms with Gasteiger partial charge in [-0.05, 0) is 66.3 Å². The fourth-order valence-corrected chi connectivity index (χ4v) is 5.58. The zero-order valence-corrected chi connectivity index (χ0v) is 26.5. The number of nitrogens with one attached hydrogen (secondary N) is 1. The second-order valence-electron chi connectivity index (χ2n) is 10.7. The van der Waals surface area contributed by atoms with E-state index in [-0.39, 0.29) is 48.9 Å². The topological polar surface area (TPSA) is 130 Å². The number of amides is 2. The SMILES string of the molecule is CC(C)[C@@]1(C(=O)Nc2ccccc2)C(=O)N(CC[C@@H](O)C[C@@H](O)CC(=O)[O-])C(c2ccc(F)cc2)=C1c1ccccc1.[Na+]. The summed E-state index contributed by atoms with van der Waals surface area (Å²) in [5.74, 6) is -3.47. The van der Waals surface area contributed by atoms with Gasteiger partial charge in [0, 0.05) is 30.2 Å². The molecule has 8 nitrogen and oxygen atoms in total. The van der Waals surface area contributed by atoms with E-state index in [4.69, 9.17) is 0 Å². The molecule has 1 heterocycles. The van der Waals surface area contributed by atoms with Crippen LogP contribution in [0.4, 0.5) is 10.1 Å². The van der Waals surface area contributed by atoms with E-state index in [0.29, 0.717) is 28.1 Å². The summed E-state index contributed by atoms with van der Waals surface area (Å²) in [6.07, 6.45) is -3.35. The Kier molecular flexibility index (Phi) is 11.8. The van der Waals surface area contributed by atoms with Gasteiger partial charge in [0.15, 0.2) is 5.41 Å². The fraction of sp³-hybridized carbons (Fsp3) is 0.303. The Morgan fingerprint density at radius 2 is 1.49 bits per heavy atom. The minimum absolute atomic E-state index is 0. The zero-order chi connectivity index (χ0) is 30.4. The van der Waals surface area contributed by atoms with Crippen molar-refractivity contribution in [2.24, 2.45) is 11.3 Å². The van der Waals surface area contributed by atoms with Crippen LogP contribution in [0.3, 0.4) is 0 Å². The van der Waals surface area contributed by atoms with Gasteiger partial charge in [-0.1, -0.05) is 62.4 Å². The quantitative estimate of drug-likeness (QED) is 0.206. The van der Waals surface area contributed by atoms with Crippen LogP contribution in [0.15, 0.2) is 84.9 Å². The minimum atomic E-state index is -1.69. The Morgan fingerprint density at radius 3 is 2.05 bits per heavy atom. The maximum absolute atomic E-state index is 14.6. The van der Waals surface area contributed by atoms with Crippen molar-refractivity contribution in [3.8, 4) is 0 Å². The van der Waals surface area contributed by atoms with Gasteiger partial charge in [-0.25, -0.2) is 4.39 Å². The molecule has 0 radical (unpaired) electrons. The number of carboxylic acids is 1. The van der Waals surface area contributed by atoms with Gasteiger partial charge >= 0.3 is 29.6 Å². The van der Waals surface area contributed by atoms with Crippen molar-refractivity contribution >= 4 is 34.7 Å². The molecule has 1 aliphatic heterocycles. The van der Waals surface area contributed by atoms with Gasteiger partial charge in [0.25, 0.3) is 0 Å². The van der Waals surface area contributed by atoms with E-state index in [1.807, 2.05) is 24.3 Å². The second-order valence-corrected chi connectivity index (χ2v) is 10.7. The first-order chi connectivity index (χ1) is 20.0. The van der Waals surface area contributed by atoms with Crippen LogP contribution >= 0.6 is 0 Å². The Balaban J connectivity index is 0.00000506. The van der Waals surface area contributed by atoms with Crippen LogP contribution in [0.1, 0.15) is 44.2 Å². The Hall–Kier alpha value is -3.34. The monoisotopic (exact) mass is 596 g/mol. The maximum Gasteiger partial charge on any atom is 1.00 e. The summed E-state index contributed by atoms with van der Waals surface area (Å²) in [6.45, 7) is 3.54. The van der Waals surface area contributed by atoms with Crippen LogP contribution < -0.4 is 40.0 Å². The molecule has 0 saturated heterocycles. The van der Waals surface area contributed by atoms with E-state index in [2.05, 4.69) is 5.32 Å². The Bertz CT molecular complexity index is 1450. The van der Waals surface area contributed by atoms with Gasteiger partial charge in [-0.15, -0.1) is 0 Å². The summed E-state index contributed by atoms with van der Waals surface area (Å²) in [6, 6.07) is 23.5. The third-order valence-electron chi connectivity index (χ3n) is 7.55. The summed E-state index contributed by atoms with van der Waals surface area (Å²) in [7, 11) is 0. The average molecular weight is 597 g/mol. The second kappa shape index (κ2) is 14.9. The predicted molar refractivity (Wildman–Crippen MR) is 155 cm³/mol. The van der Waals surface area contributed by atoms with Crippen LogP contribution in [-0.4, -0.2) is 51.6 Å². The number of aliphatic hydroxyl groups is 2. The van der Waals surface area contributed by atoms with Crippen molar-refractivity contribution in [2.75, 3.05) is 11.9 Å². The van der Waals surface area contributed by atoms with E-state index in [9.17, 15) is 34.1 Å². The number of carbonyl (C=O) groups excluding carboxylic acids is 3. The van der Waals surface area contributed by atoms with Crippen molar-refractivity contribution in [3.05, 3.63) is 102 Å². The molecule has 3 aromatic carbocycles. The van der Waals surface area contributed by atoms with Crippen molar-refractivity contribution < 1.29 is 63.7 Å². The Labute approximate surface area is 272 Å². The van der Waals surface area contributed by atoms with Crippen LogP contribution in [0.5, 0.6) is 0 Å². The standard InChI is InChI=1S/C33H35FN2O6.Na/c1-21(2)33(31(41)35-25-11-7-4-8-12-25)29(22-9-5-3-6-10-22)30(23-13-15-24(34)16-14-23)36(32(33)42)18-17-26(37)19-27(38)20-28(39)40;/h3-16,21,26-27,37-38H,17-20H2,1-2H3,(H,35,41)(H,39,40);/q;+1/p-1/t26-,27-,33-;/m1./s1. The normalized spacial score (nSPS) is 17.9. The molecule has 0 spiro atoms. The number of aliphatic hydroxyl groups excluding tert-OH is 2. The van der Waals surface area contributed by atoms with Gasteiger partial charge in [0.2, 0.25) is 11.8 Å². The van der Waals surface area contributed by atoms with Crippen LogP contribution in [0, 0.1) is 17.2 Å². The van der Waals surface area contributed by atoms with Crippen molar-refractivity contribution in [1.29, 1.82) is 0 Å². The van der Waals surface area contributed by atoms with E-state index < -0.39 is 53.6 Å². The van der Waals surface area contributed by atoms with Crippen molar-refractivity contribution in [1.82, 2.24) is 4.90 Å². The smallest absolute Gasteiger partial charge is 0.550 e. The van der Waals surface area contributed by atoms with Gasteiger partial charge in [-0.3, -0.25) is 9.59 Å². The number of rotatable bonds is 12. The fourth-order valence-electron chi connectivity index (χ4n) is 5.58. The third kappa shape index (κ3) is 7.42. The number of halogens is 1. The number of anilines is 1. The van der Waals surface area contributed by atoms with Gasteiger partial charge in [-0.2, -0.15) is 0 Å². The molecule has 43 heavy (non-hydrogen) atoms. The maximum atomic E-state index is 14.6. The number of nitrogens with zero attached hydrogens (tertiary/aromatic N) is 1. The molecular formula is C33H34FN2NaO6. The number of hydrogen-bond donors (Lipinski definition) is 3. The predicted octanol–water partition coefficient (Wildman–Crippen LogP) is 0.463. The summed E-state index contributed by atoms with van der Waals surface area (Å²) in [5.41, 5.74) is 0.821. The molecule has 0 fully saturated rings. The summed E-state index contributed by atoms with van der Waals surface area (Å²) >= 11 is 0. The molecule has 4 rings (SSSR count). The van der Waals surface area contributed by atoms with E-state index >= 15 is 0 Å². The van der Waals surface area contributed by atoms with Crippen molar-refractivity contribution in [2.45, 2.75) is 45.3 Å². The van der Waals surface area contributed by atoms with Gasteiger partial charge in [0.1, 0.15) is 5.82 Å². The largest absolute Gasteiger partial charge is 1.00 e. The van der Waals surface area contributed by atoms with Gasteiger partial charge in [0.05, 0.1) is 17.9 Å². The van der Waals surface area contributed by atoms with E-state index in [1.165, 1.54) is 17.0 Å². The van der Waals surface area contributed by atoms with E-state index in [1.54, 1.807) is 62.4 Å². The molecule has 0 bridgehead atoms. The summed E-state index contributed by atoms with van der Waals surface area (Å²) < 4.78 is 14.0. The number of aliphatic carboxylic acids is 1. The molecule has 220 valence electrons. The molecule has 1 aliphatic rings. The van der Waals surface area contributed by atoms with Gasteiger partial charge < -0.3 is 30.3 Å². The number of hydrogen-bond acceptors (Lipinski definition) is 6. The molecule has 0 unspecified atom stereocenters. The summed E-state index contributed by atoms with van der Waals surface area (Å²) in [5, 5.41) is 34.4. The molecule has 3 aromatic rings.